The third-order valence-electron chi connectivity index (χ3n) is 8.45. The van der Waals surface area contributed by atoms with Crippen molar-refractivity contribution >= 4 is 11.4 Å². The van der Waals surface area contributed by atoms with Crippen LogP contribution in [0, 0.1) is 41.4 Å². The first-order valence-corrected chi connectivity index (χ1v) is 12.3. The van der Waals surface area contributed by atoms with Gasteiger partial charge in [0.05, 0.1) is 6.61 Å². The second-order valence-corrected chi connectivity index (χ2v) is 9.94. The first-order valence-electron chi connectivity index (χ1n) is 12.3. The summed E-state index contributed by atoms with van der Waals surface area (Å²) in [6.45, 7) is 7.60. The van der Waals surface area contributed by atoms with Crippen molar-refractivity contribution in [3.63, 3.8) is 0 Å². The van der Waals surface area contributed by atoms with E-state index in [0.29, 0.717) is 47.2 Å². The molecule has 6 rings (SSSR count). The van der Waals surface area contributed by atoms with Gasteiger partial charge in [-0.05, 0) is 60.1 Å². The van der Waals surface area contributed by atoms with Crippen molar-refractivity contribution in [2.45, 2.75) is 13.8 Å². The lowest BCUT2D eigenvalue weighted by Gasteiger charge is -2.61. The summed E-state index contributed by atoms with van der Waals surface area (Å²) in [5.74, 6) is 4.50. The molecular weight excluding hydrogens is 426 g/mol. The number of hydrogen-bond donors (Lipinski definition) is 2. The van der Waals surface area contributed by atoms with Crippen LogP contribution in [0.4, 0.5) is 0 Å². The molecule has 1 saturated heterocycles. The minimum Gasteiger partial charge on any atom is -0.395 e. The predicted octanol–water partition coefficient (Wildman–Crippen LogP) is 2.23. The minimum atomic E-state index is 0.143. The summed E-state index contributed by atoms with van der Waals surface area (Å²) >= 11 is 0. The van der Waals surface area contributed by atoms with Gasteiger partial charge in [0.25, 0.3) is 0 Å². The molecule has 4 heterocycles. The Hall–Kier alpha value is -2.97. The Kier molecular flexibility index (Phi) is 5.50. The monoisotopic (exact) mass is 457 g/mol. The summed E-state index contributed by atoms with van der Waals surface area (Å²) in [4.78, 5) is 20.7. The fourth-order valence-electron chi connectivity index (χ4n) is 7.21. The summed E-state index contributed by atoms with van der Waals surface area (Å²) in [7, 11) is 0. The molecule has 8 nitrogen and oxygen atoms in total. The van der Waals surface area contributed by atoms with Crippen molar-refractivity contribution in [1.29, 1.82) is 0 Å². The molecule has 0 spiro atoms. The van der Waals surface area contributed by atoms with Gasteiger partial charge in [0.2, 0.25) is 0 Å². The summed E-state index contributed by atoms with van der Waals surface area (Å²) in [6.07, 6.45) is 11.8. The Labute approximate surface area is 200 Å². The van der Waals surface area contributed by atoms with Crippen LogP contribution in [0.15, 0.2) is 59.7 Å². The van der Waals surface area contributed by atoms with Crippen LogP contribution in [0.1, 0.15) is 25.5 Å². The van der Waals surface area contributed by atoms with Gasteiger partial charge < -0.3 is 10.0 Å². The molecule has 2 N–H and O–H groups in total. The van der Waals surface area contributed by atoms with Gasteiger partial charge in [-0.3, -0.25) is 5.43 Å². The van der Waals surface area contributed by atoms with E-state index in [1.807, 2.05) is 12.1 Å². The van der Waals surface area contributed by atoms with Crippen LogP contribution in [-0.2, 0) is 0 Å². The summed E-state index contributed by atoms with van der Waals surface area (Å²) < 4.78 is 0. The van der Waals surface area contributed by atoms with Crippen LogP contribution in [0.2, 0.25) is 0 Å². The number of β-amino-alcohol motifs (C(OH)–C–C–N with tert-alkyl or cyclic N) is 1. The first kappa shape index (κ1) is 21.6. The molecule has 0 amide bonds. The molecule has 0 radical (unpaired) electrons. The Morgan fingerprint density at radius 1 is 1.03 bits per heavy atom. The Bertz CT molecular complexity index is 1130. The molecule has 4 aliphatic rings. The van der Waals surface area contributed by atoms with Crippen molar-refractivity contribution in [3.05, 3.63) is 66.3 Å². The lowest BCUT2D eigenvalue weighted by molar-refractivity contribution is -0.00930. The van der Waals surface area contributed by atoms with Crippen molar-refractivity contribution in [2.75, 3.05) is 26.2 Å². The second-order valence-electron chi connectivity index (χ2n) is 9.94. The standard InChI is InChI=1S/C26H31N7O/c1-3-6-16-18-14-33(11-12-34)13-17(18)15(2)19-20(16)22-21(19)23(25-27-7-4-8-28-25)31-32-24(22)26-29-9-5-10-30-26/h3-10,15-20,22,31,34H,11-14H2,1-2H3/b6-3-/t15-,16?,17?,18?,19+,20?,22?/m0/s1. The molecule has 2 aliphatic heterocycles. The molecule has 2 saturated carbocycles. The number of aliphatic hydroxyl groups excluding tert-OH is 1. The van der Waals surface area contributed by atoms with Gasteiger partial charge in [0.1, 0.15) is 11.4 Å². The number of allylic oxidation sites excluding steroid dienone is 3. The second kappa shape index (κ2) is 8.67. The Balaban J connectivity index is 1.47. The largest absolute Gasteiger partial charge is 0.395 e. The number of rotatable bonds is 5. The zero-order valence-corrected chi connectivity index (χ0v) is 19.6. The van der Waals surface area contributed by atoms with E-state index in [2.05, 4.69) is 56.3 Å². The molecule has 8 heteroatoms. The van der Waals surface area contributed by atoms with Crippen LogP contribution in [0.25, 0.3) is 5.70 Å². The number of aliphatic hydroxyl groups is 1. The molecule has 3 fully saturated rings. The maximum absolute atomic E-state index is 9.59. The van der Waals surface area contributed by atoms with Crippen LogP contribution in [-0.4, -0.2) is 61.9 Å². The van der Waals surface area contributed by atoms with Crippen molar-refractivity contribution in [1.82, 2.24) is 30.3 Å². The van der Waals surface area contributed by atoms with E-state index in [-0.39, 0.29) is 12.5 Å². The third-order valence-corrected chi connectivity index (χ3v) is 8.45. The van der Waals surface area contributed by atoms with Crippen LogP contribution < -0.4 is 5.43 Å². The maximum Gasteiger partial charge on any atom is 0.177 e. The van der Waals surface area contributed by atoms with Crippen molar-refractivity contribution < 1.29 is 5.11 Å². The number of fused-ring (bicyclic) bond motifs is 5. The molecule has 34 heavy (non-hydrogen) atoms. The summed E-state index contributed by atoms with van der Waals surface area (Å²) in [6, 6.07) is 3.68. The van der Waals surface area contributed by atoms with Gasteiger partial charge in [-0.15, -0.1) is 0 Å². The Morgan fingerprint density at radius 2 is 1.71 bits per heavy atom. The molecule has 2 aromatic rings. The predicted molar refractivity (Wildman–Crippen MR) is 129 cm³/mol. The number of hydrogen-bond acceptors (Lipinski definition) is 8. The molecule has 7 atom stereocenters. The van der Waals surface area contributed by atoms with E-state index >= 15 is 0 Å². The zero-order chi connectivity index (χ0) is 23.2. The highest BCUT2D eigenvalue weighted by Gasteiger charge is 2.63. The molecular formula is C26H31N7O. The minimum absolute atomic E-state index is 0.143. The highest BCUT2D eigenvalue weighted by molar-refractivity contribution is 6.04. The molecule has 0 bridgehead atoms. The SMILES string of the molecule is C/C=C\C1C2CN(CCO)CC2[C@H](C)[C@H]2C3=C(c4ncccn4)NN=C(c4ncccn4)C3C12. The van der Waals surface area contributed by atoms with E-state index < -0.39 is 0 Å². The van der Waals surface area contributed by atoms with E-state index in [1.54, 1.807) is 24.8 Å². The van der Waals surface area contributed by atoms with E-state index in [1.165, 1.54) is 5.57 Å². The van der Waals surface area contributed by atoms with Crippen LogP contribution >= 0.6 is 0 Å². The van der Waals surface area contributed by atoms with E-state index in [4.69, 9.17) is 5.10 Å². The number of aromatic nitrogens is 4. The van der Waals surface area contributed by atoms with Crippen LogP contribution in [0.5, 0.6) is 0 Å². The smallest absolute Gasteiger partial charge is 0.177 e. The molecule has 176 valence electrons. The number of nitrogens with one attached hydrogen (secondary N) is 1. The summed E-state index contributed by atoms with van der Waals surface area (Å²) in [5, 5.41) is 14.4. The average Bonchev–Trinajstić information content (AvgIpc) is 3.29. The van der Waals surface area contributed by atoms with Crippen molar-refractivity contribution in [3.8, 4) is 0 Å². The normalized spacial score (nSPS) is 34.7. The first-order chi connectivity index (χ1) is 16.7. The number of nitrogens with zero attached hydrogens (tertiary/aromatic N) is 6. The number of likely N-dealkylation sites (tertiary alicyclic amines) is 1. The lowest BCUT2D eigenvalue weighted by Crippen LogP contribution is -2.60. The van der Waals surface area contributed by atoms with Gasteiger partial charge in [0.15, 0.2) is 11.6 Å². The maximum atomic E-state index is 9.59. The van der Waals surface area contributed by atoms with Gasteiger partial charge in [0, 0.05) is 50.3 Å². The molecule has 2 aliphatic carbocycles. The average molecular weight is 458 g/mol. The topological polar surface area (TPSA) is 99.4 Å². The molecule has 0 aromatic carbocycles. The van der Waals surface area contributed by atoms with Gasteiger partial charge >= 0.3 is 0 Å². The van der Waals surface area contributed by atoms with E-state index in [9.17, 15) is 5.11 Å². The number of hydrazone groups is 1. The fraction of sp³-hybridized carbons (Fsp3) is 0.500. The molecule has 5 unspecified atom stereocenters. The highest BCUT2D eigenvalue weighted by Crippen LogP contribution is 2.64. The third kappa shape index (κ3) is 3.23. The Morgan fingerprint density at radius 3 is 2.38 bits per heavy atom. The van der Waals surface area contributed by atoms with Crippen LogP contribution in [0.3, 0.4) is 0 Å². The quantitative estimate of drug-likeness (QED) is 0.664. The highest BCUT2D eigenvalue weighted by atomic mass is 16.3. The van der Waals surface area contributed by atoms with Gasteiger partial charge in [-0.1, -0.05) is 19.1 Å². The fourth-order valence-corrected chi connectivity index (χ4v) is 7.21. The van der Waals surface area contributed by atoms with Crippen molar-refractivity contribution in [2.24, 2.45) is 46.5 Å². The van der Waals surface area contributed by atoms with Gasteiger partial charge in [-0.25, -0.2) is 19.9 Å². The molecule has 2 aromatic heterocycles. The zero-order valence-electron chi connectivity index (χ0n) is 19.6. The van der Waals surface area contributed by atoms with Gasteiger partial charge in [-0.2, -0.15) is 5.10 Å². The van der Waals surface area contributed by atoms with E-state index in [0.717, 1.165) is 31.0 Å². The summed E-state index contributed by atoms with van der Waals surface area (Å²) in [5.41, 5.74) is 6.53. The lowest BCUT2D eigenvalue weighted by atomic mass is 9.43.